The molecule has 0 radical (unpaired) electrons. The Kier molecular flexibility index (Phi) is 3.78. The van der Waals surface area contributed by atoms with E-state index in [4.69, 9.17) is 0 Å². The standard InChI is InChI=1S/C20H14N2O2S/c1-12-7-8-13-9-10-15(17(23)16(13)11-12)18(24)20-21-19(22-25-20)14-5-3-2-4-6-14/h2-11,23H,1H3. The van der Waals surface area contributed by atoms with Crippen LogP contribution in [-0.4, -0.2) is 20.2 Å². The number of aromatic nitrogens is 2. The van der Waals surface area contributed by atoms with Gasteiger partial charge in [-0.05, 0) is 36.0 Å². The Morgan fingerprint density at radius 2 is 1.80 bits per heavy atom. The minimum atomic E-state index is -0.319. The molecule has 1 heterocycles. The molecule has 3 aromatic carbocycles. The van der Waals surface area contributed by atoms with Crippen LogP contribution in [0.4, 0.5) is 0 Å². The maximum absolute atomic E-state index is 12.8. The van der Waals surface area contributed by atoms with Crippen molar-refractivity contribution in [3.8, 4) is 17.1 Å². The highest BCUT2D eigenvalue weighted by atomic mass is 32.1. The molecule has 0 amide bonds. The van der Waals surface area contributed by atoms with E-state index in [0.717, 1.165) is 28.0 Å². The van der Waals surface area contributed by atoms with Crippen molar-refractivity contribution in [3.05, 3.63) is 76.8 Å². The number of fused-ring (bicyclic) bond motifs is 1. The SMILES string of the molecule is Cc1ccc2ccc(C(=O)c3nc(-c4ccccc4)ns3)c(O)c2c1. The molecule has 4 rings (SSSR count). The molecule has 0 saturated heterocycles. The summed E-state index contributed by atoms with van der Waals surface area (Å²) in [7, 11) is 0. The van der Waals surface area contributed by atoms with E-state index >= 15 is 0 Å². The van der Waals surface area contributed by atoms with E-state index in [0.29, 0.717) is 11.2 Å². The fraction of sp³-hybridized carbons (Fsp3) is 0.0500. The summed E-state index contributed by atoms with van der Waals surface area (Å²) in [5.74, 6) is 0.188. The quantitative estimate of drug-likeness (QED) is 0.551. The Bertz CT molecular complexity index is 1090. The van der Waals surface area contributed by atoms with Crippen molar-refractivity contribution < 1.29 is 9.90 Å². The number of hydrogen-bond donors (Lipinski definition) is 1. The van der Waals surface area contributed by atoms with Gasteiger partial charge in [0.2, 0.25) is 5.78 Å². The number of ketones is 1. The monoisotopic (exact) mass is 346 g/mol. The van der Waals surface area contributed by atoms with Crippen molar-refractivity contribution >= 4 is 28.1 Å². The largest absolute Gasteiger partial charge is 0.507 e. The van der Waals surface area contributed by atoms with Gasteiger partial charge in [0.15, 0.2) is 10.8 Å². The van der Waals surface area contributed by atoms with E-state index < -0.39 is 0 Å². The third kappa shape index (κ3) is 2.79. The molecule has 5 heteroatoms. The first-order valence-electron chi connectivity index (χ1n) is 7.79. The zero-order valence-electron chi connectivity index (χ0n) is 13.4. The number of benzene rings is 3. The molecule has 0 saturated carbocycles. The second-order valence-electron chi connectivity index (χ2n) is 5.80. The molecular formula is C20H14N2O2S. The summed E-state index contributed by atoms with van der Waals surface area (Å²) in [6.07, 6.45) is 0. The van der Waals surface area contributed by atoms with E-state index in [1.165, 1.54) is 0 Å². The summed E-state index contributed by atoms with van der Waals surface area (Å²) < 4.78 is 4.27. The molecule has 4 aromatic rings. The highest BCUT2D eigenvalue weighted by Crippen LogP contribution is 2.31. The lowest BCUT2D eigenvalue weighted by molar-refractivity contribution is 0.103. The summed E-state index contributed by atoms with van der Waals surface area (Å²) in [6, 6.07) is 18.7. The van der Waals surface area contributed by atoms with Crippen LogP contribution in [0.25, 0.3) is 22.2 Å². The van der Waals surface area contributed by atoms with Crippen LogP contribution in [0.15, 0.2) is 60.7 Å². The number of hydrogen-bond acceptors (Lipinski definition) is 5. The molecule has 0 aliphatic heterocycles. The minimum absolute atomic E-state index is 0.0114. The van der Waals surface area contributed by atoms with Gasteiger partial charge in [0.1, 0.15) is 5.75 Å². The zero-order chi connectivity index (χ0) is 17.4. The average molecular weight is 346 g/mol. The molecule has 0 fully saturated rings. The lowest BCUT2D eigenvalue weighted by atomic mass is 10.0. The van der Waals surface area contributed by atoms with Crippen LogP contribution >= 0.6 is 11.5 Å². The highest BCUT2D eigenvalue weighted by molar-refractivity contribution is 7.08. The van der Waals surface area contributed by atoms with Gasteiger partial charge >= 0.3 is 0 Å². The molecule has 4 nitrogen and oxygen atoms in total. The summed E-state index contributed by atoms with van der Waals surface area (Å²) in [5, 5.41) is 12.4. The third-order valence-electron chi connectivity index (χ3n) is 4.05. The molecule has 0 spiro atoms. The second kappa shape index (κ2) is 6.11. The lowest BCUT2D eigenvalue weighted by Gasteiger charge is -2.06. The molecule has 0 atom stereocenters. The zero-order valence-corrected chi connectivity index (χ0v) is 14.2. The number of carbonyl (C=O) groups excluding carboxylic acids is 1. The Morgan fingerprint density at radius 1 is 1.04 bits per heavy atom. The first kappa shape index (κ1) is 15.5. The number of phenols is 1. The van der Waals surface area contributed by atoms with Crippen LogP contribution in [-0.2, 0) is 0 Å². The van der Waals surface area contributed by atoms with Gasteiger partial charge < -0.3 is 5.11 Å². The van der Waals surface area contributed by atoms with Crippen molar-refractivity contribution in [3.63, 3.8) is 0 Å². The van der Waals surface area contributed by atoms with Gasteiger partial charge in [-0.1, -0.05) is 54.1 Å². The van der Waals surface area contributed by atoms with Gasteiger partial charge in [0.05, 0.1) is 5.56 Å². The van der Waals surface area contributed by atoms with Crippen molar-refractivity contribution in [1.82, 2.24) is 9.36 Å². The fourth-order valence-corrected chi connectivity index (χ4v) is 3.38. The maximum atomic E-state index is 12.8. The maximum Gasteiger partial charge on any atom is 0.226 e. The smallest absolute Gasteiger partial charge is 0.226 e. The van der Waals surface area contributed by atoms with Gasteiger partial charge in [0, 0.05) is 10.9 Å². The summed E-state index contributed by atoms with van der Waals surface area (Å²) in [6.45, 7) is 1.95. The van der Waals surface area contributed by atoms with E-state index in [1.54, 1.807) is 6.07 Å². The summed E-state index contributed by atoms with van der Waals surface area (Å²) >= 11 is 1.04. The number of rotatable bonds is 3. The summed E-state index contributed by atoms with van der Waals surface area (Å²) in [5.41, 5.74) is 2.12. The number of carbonyl (C=O) groups is 1. The summed E-state index contributed by atoms with van der Waals surface area (Å²) in [4.78, 5) is 17.1. The number of aryl methyl sites for hydroxylation is 1. The average Bonchev–Trinajstić information content (AvgIpc) is 3.13. The molecule has 0 unspecified atom stereocenters. The van der Waals surface area contributed by atoms with Crippen LogP contribution in [0.3, 0.4) is 0 Å². The first-order chi connectivity index (χ1) is 12.1. The van der Waals surface area contributed by atoms with E-state index in [-0.39, 0.29) is 22.1 Å². The second-order valence-corrected chi connectivity index (χ2v) is 6.56. The van der Waals surface area contributed by atoms with E-state index in [9.17, 15) is 9.90 Å². The molecule has 0 aliphatic rings. The van der Waals surface area contributed by atoms with Crippen LogP contribution in [0.2, 0.25) is 0 Å². The van der Waals surface area contributed by atoms with Gasteiger partial charge in [-0.25, -0.2) is 4.98 Å². The molecule has 1 N–H and O–H groups in total. The lowest BCUT2D eigenvalue weighted by Crippen LogP contribution is -2.01. The van der Waals surface area contributed by atoms with Crippen molar-refractivity contribution in [1.29, 1.82) is 0 Å². The molecule has 25 heavy (non-hydrogen) atoms. The molecule has 122 valence electrons. The van der Waals surface area contributed by atoms with Crippen molar-refractivity contribution in [2.75, 3.05) is 0 Å². The molecular weight excluding hydrogens is 332 g/mol. The van der Waals surface area contributed by atoms with Gasteiger partial charge in [-0.2, -0.15) is 4.37 Å². The fourth-order valence-electron chi connectivity index (χ4n) is 2.74. The van der Waals surface area contributed by atoms with Crippen LogP contribution in [0.1, 0.15) is 20.9 Å². The first-order valence-corrected chi connectivity index (χ1v) is 8.57. The highest BCUT2D eigenvalue weighted by Gasteiger charge is 2.20. The van der Waals surface area contributed by atoms with E-state index in [2.05, 4.69) is 9.36 Å². The number of phenolic OH excluding ortho intramolecular Hbond substituents is 1. The Morgan fingerprint density at radius 3 is 2.60 bits per heavy atom. The van der Waals surface area contributed by atoms with Gasteiger partial charge in [-0.3, -0.25) is 4.79 Å². The third-order valence-corrected chi connectivity index (χ3v) is 4.76. The predicted molar refractivity (Wildman–Crippen MR) is 99.1 cm³/mol. The Hall–Kier alpha value is -3.05. The minimum Gasteiger partial charge on any atom is -0.507 e. The van der Waals surface area contributed by atoms with E-state index in [1.807, 2.05) is 61.5 Å². The molecule has 1 aromatic heterocycles. The number of aromatic hydroxyl groups is 1. The topological polar surface area (TPSA) is 63.1 Å². The Labute approximate surface area is 148 Å². The predicted octanol–water partition coefficient (Wildman–Crippen LogP) is 4.60. The van der Waals surface area contributed by atoms with Crippen molar-refractivity contribution in [2.24, 2.45) is 0 Å². The van der Waals surface area contributed by atoms with Gasteiger partial charge in [-0.15, -0.1) is 0 Å². The van der Waals surface area contributed by atoms with Crippen LogP contribution < -0.4 is 0 Å². The van der Waals surface area contributed by atoms with Crippen LogP contribution in [0.5, 0.6) is 5.75 Å². The molecule has 0 bridgehead atoms. The normalized spacial score (nSPS) is 10.9. The van der Waals surface area contributed by atoms with Gasteiger partial charge in [0.25, 0.3) is 0 Å². The molecule has 0 aliphatic carbocycles. The Balaban J connectivity index is 1.75. The van der Waals surface area contributed by atoms with Crippen LogP contribution in [0, 0.1) is 6.92 Å². The number of nitrogens with zero attached hydrogens (tertiary/aromatic N) is 2. The van der Waals surface area contributed by atoms with Crippen molar-refractivity contribution in [2.45, 2.75) is 6.92 Å².